The molecule has 6 heteroatoms. The van der Waals surface area contributed by atoms with Crippen LogP contribution in [0.25, 0.3) is 0 Å². The number of rotatable bonds is 7. The van der Waals surface area contributed by atoms with Gasteiger partial charge in [-0.1, -0.05) is 47.5 Å². The van der Waals surface area contributed by atoms with Gasteiger partial charge in [0.05, 0.1) is 34.9 Å². The topological polar surface area (TPSA) is 58.6 Å². The maximum absolute atomic E-state index is 11.9. The van der Waals surface area contributed by atoms with Crippen molar-refractivity contribution in [2.24, 2.45) is 0 Å². The van der Waals surface area contributed by atoms with Crippen molar-refractivity contribution in [1.82, 2.24) is 0 Å². The summed E-state index contributed by atoms with van der Waals surface area (Å²) >= 11 is 12.3. The molecule has 0 heterocycles. The summed E-state index contributed by atoms with van der Waals surface area (Å²) in [5.41, 5.74) is 2.10. The Labute approximate surface area is 151 Å². The van der Waals surface area contributed by atoms with Crippen molar-refractivity contribution >= 4 is 40.5 Å². The molecular formula is C18H19Cl2NO3. The number of benzene rings is 2. The van der Waals surface area contributed by atoms with Gasteiger partial charge in [0.15, 0.2) is 0 Å². The van der Waals surface area contributed by atoms with Gasteiger partial charge in [-0.05, 0) is 30.7 Å². The van der Waals surface area contributed by atoms with E-state index in [2.05, 4.69) is 5.32 Å². The molecule has 0 aliphatic carbocycles. The van der Waals surface area contributed by atoms with Gasteiger partial charge >= 0.3 is 5.97 Å². The molecule has 2 rings (SSSR count). The van der Waals surface area contributed by atoms with Crippen LogP contribution < -0.4 is 5.32 Å². The van der Waals surface area contributed by atoms with Gasteiger partial charge in [-0.2, -0.15) is 0 Å². The van der Waals surface area contributed by atoms with Crippen molar-refractivity contribution in [3.63, 3.8) is 0 Å². The second-order valence-electron chi connectivity index (χ2n) is 5.41. The number of anilines is 2. The first-order valence-electron chi connectivity index (χ1n) is 7.60. The van der Waals surface area contributed by atoms with E-state index in [1.165, 1.54) is 0 Å². The number of para-hydroxylation sites is 2. The van der Waals surface area contributed by atoms with E-state index in [1.54, 1.807) is 25.1 Å². The Morgan fingerprint density at radius 2 is 1.83 bits per heavy atom. The number of halogens is 2. The molecule has 1 atom stereocenters. The third-order valence-electron chi connectivity index (χ3n) is 3.37. The highest BCUT2D eigenvalue weighted by molar-refractivity contribution is 6.39. The third kappa shape index (κ3) is 5.41. The highest BCUT2D eigenvalue weighted by Gasteiger charge is 2.12. The average Bonchev–Trinajstić information content (AvgIpc) is 2.52. The lowest BCUT2D eigenvalue weighted by Gasteiger charge is -2.14. The SMILES string of the molecule is CC(O)CCOC(=O)Cc1ccccc1Nc1c(Cl)cccc1Cl. The van der Waals surface area contributed by atoms with Crippen molar-refractivity contribution in [3.05, 3.63) is 58.1 Å². The molecule has 0 bridgehead atoms. The minimum absolute atomic E-state index is 0.116. The number of hydrogen-bond acceptors (Lipinski definition) is 4. The van der Waals surface area contributed by atoms with Gasteiger partial charge in [0.1, 0.15) is 0 Å². The first-order valence-corrected chi connectivity index (χ1v) is 8.35. The van der Waals surface area contributed by atoms with E-state index >= 15 is 0 Å². The standard InChI is InChI=1S/C18H19Cl2NO3/c1-12(22)9-10-24-17(23)11-13-5-2-3-8-16(13)21-18-14(19)6-4-7-15(18)20/h2-8,12,21-22H,9-11H2,1H3. The highest BCUT2D eigenvalue weighted by Crippen LogP contribution is 2.33. The van der Waals surface area contributed by atoms with Crippen LogP contribution in [0.1, 0.15) is 18.9 Å². The normalized spacial score (nSPS) is 11.8. The van der Waals surface area contributed by atoms with Crippen LogP contribution in [0.4, 0.5) is 11.4 Å². The van der Waals surface area contributed by atoms with E-state index in [4.69, 9.17) is 27.9 Å². The first-order chi connectivity index (χ1) is 11.5. The van der Waals surface area contributed by atoms with E-state index in [0.29, 0.717) is 22.2 Å². The van der Waals surface area contributed by atoms with Gasteiger partial charge in [-0.15, -0.1) is 0 Å². The summed E-state index contributed by atoms with van der Waals surface area (Å²) in [5, 5.41) is 13.4. The Bertz CT molecular complexity index is 684. The van der Waals surface area contributed by atoms with E-state index in [9.17, 15) is 9.90 Å². The van der Waals surface area contributed by atoms with Crippen molar-refractivity contribution in [1.29, 1.82) is 0 Å². The quantitative estimate of drug-likeness (QED) is 0.702. The van der Waals surface area contributed by atoms with Gasteiger partial charge in [0.2, 0.25) is 0 Å². The Morgan fingerprint density at radius 3 is 2.50 bits per heavy atom. The molecule has 0 amide bonds. The lowest BCUT2D eigenvalue weighted by atomic mass is 10.1. The van der Waals surface area contributed by atoms with Crippen molar-refractivity contribution < 1.29 is 14.6 Å². The van der Waals surface area contributed by atoms with Crippen molar-refractivity contribution in [2.45, 2.75) is 25.9 Å². The third-order valence-corrected chi connectivity index (χ3v) is 4.00. The molecule has 1 unspecified atom stereocenters. The van der Waals surface area contributed by atoms with E-state index in [-0.39, 0.29) is 19.0 Å². The molecule has 0 aliphatic heterocycles. The molecule has 0 fully saturated rings. The van der Waals surface area contributed by atoms with E-state index in [1.807, 2.05) is 24.3 Å². The number of carbonyl (C=O) groups excluding carboxylic acids is 1. The lowest BCUT2D eigenvalue weighted by Crippen LogP contribution is -2.13. The van der Waals surface area contributed by atoms with E-state index in [0.717, 1.165) is 11.3 Å². The average molecular weight is 368 g/mol. The summed E-state index contributed by atoms with van der Waals surface area (Å²) < 4.78 is 5.13. The molecule has 0 aromatic heterocycles. The maximum atomic E-state index is 11.9. The molecule has 2 aromatic carbocycles. The summed E-state index contributed by atoms with van der Waals surface area (Å²) in [6, 6.07) is 12.6. The number of nitrogens with one attached hydrogen (secondary N) is 1. The lowest BCUT2D eigenvalue weighted by molar-refractivity contribution is -0.143. The smallest absolute Gasteiger partial charge is 0.310 e. The molecular weight excluding hydrogens is 349 g/mol. The van der Waals surface area contributed by atoms with Crippen molar-refractivity contribution in [2.75, 3.05) is 11.9 Å². The second kappa shape index (κ2) is 8.92. The van der Waals surface area contributed by atoms with Gasteiger partial charge < -0.3 is 15.2 Å². The molecule has 0 aliphatic rings. The fourth-order valence-corrected chi connectivity index (χ4v) is 2.59. The number of carbonyl (C=O) groups is 1. The number of aliphatic hydroxyl groups is 1. The second-order valence-corrected chi connectivity index (χ2v) is 6.23. The van der Waals surface area contributed by atoms with E-state index < -0.39 is 6.10 Å². The zero-order chi connectivity index (χ0) is 17.5. The fraction of sp³-hybridized carbons (Fsp3) is 0.278. The van der Waals surface area contributed by atoms with Gasteiger partial charge in [-0.25, -0.2) is 0 Å². The van der Waals surface area contributed by atoms with Crippen LogP contribution in [0.2, 0.25) is 10.0 Å². The highest BCUT2D eigenvalue weighted by atomic mass is 35.5. The molecule has 2 N–H and O–H groups in total. The summed E-state index contributed by atoms with van der Waals surface area (Å²) in [4.78, 5) is 11.9. The number of aliphatic hydroxyl groups excluding tert-OH is 1. The minimum Gasteiger partial charge on any atom is -0.465 e. The van der Waals surface area contributed by atoms with Crippen LogP contribution in [0.5, 0.6) is 0 Å². The Kier molecular flexibility index (Phi) is 6.91. The predicted molar refractivity (Wildman–Crippen MR) is 97.1 cm³/mol. The summed E-state index contributed by atoms with van der Waals surface area (Å²) in [6.45, 7) is 1.85. The molecule has 0 spiro atoms. The number of hydrogen-bond donors (Lipinski definition) is 2. The number of esters is 1. The first kappa shape index (κ1) is 18.6. The summed E-state index contributed by atoms with van der Waals surface area (Å²) in [7, 11) is 0. The summed E-state index contributed by atoms with van der Waals surface area (Å²) in [5.74, 6) is -0.352. The monoisotopic (exact) mass is 367 g/mol. The Morgan fingerprint density at radius 1 is 1.17 bits per heavy atom. The molecule has 0 saturated heterocycles. The van der Waals surface area contributed by atoms with Crippen LogP contribution in [0.3, 0.4) is 0 Å². The van der Waals surface area contributed by atoms with Crippen LogP contribution in [-0.4, -0.2) is 23.8 Å². The Hall–Kier alpha value is -1.75. The minimum atomic E-state index is -0.492. The molecule has 2 aromatic rings. The molecule has 0 saturated carbocycles. The van der Waals surface area contributed by atoms with Crippen LogP contribution >= 0.6 is 23.2 Å². The molecule has 4 nitrogen and oxygen atoms in total. The molecule has 128 valence electrons. The zero-order valence-electron chi connectivity index (χ0n) is 13.3. The predicted octanol–water partition coefficient (Wildman–Crippen LogP) is 4.59. The van der Waals surface area contributed by atoms with Gasteiger partial charge in [0, 0.05) is 12.1 Å². The van der Waals surface area contributed by atoms with Gasteiger partial charge in [0.25, 0.3) is 0 Å². The maximum Gasteiger partial charge on any atom is 0.310 e. The molecule has 0 radical (unpaired) electrons. The Balaban J connectivity index is 2.09. The largest absolute Gasteiger partial charge is 0.465 e. The van der Waals surface area contributed by atoms with Crippen LogP contribution in [-0.2, 0) is 16.0 Å². The van der Waals surface area contributed by atoms with Gasteiger partial charge in [-0.3, -0.25) is 4.79 Å². The van der Waals surface area contributed by atoms with Crippen LogP contribution in [0, 0.1) is 0 Å². The fourth-order valence-electron chi connectivity index (χ4n) is 2.10. The summed E-state index contributed by atoms with van der Waals surface area (Å²) in [6.07, 6.45) is 0.0421. The number of ether oxygens (including phenoxy) is 1. The molecule has 24 heavy (non-hydrogen) atoms. The van der Waals surface area contributed by atoms with Crippen molar-refractivity contribution in [3.8, 4) is 0 Å². The zero-order valence-corrected chi connectivity index (χ0v) is 14.8. The van der Waals surface area contributed by atoms with Crippen LogP contribution in [0.15, 0.2) is 42.5 Å².